The Kier molecular flexibility index (Phi) is 5.89. The summed E-state index contributed by atoms with van der Waals surface area (Å²) in [6, 6.07) is 19.8. The van der Waals surface area contributed by atoms with Crippen molar-refractivity contribution in [3.05, 3.63) is 71.8 Å². The second kappa shape index (κ2) is 8.52. The molecular formula is C21H23NO4. The Balaban J connectivity index is 1.79. The van der Waals surface area contributed by atoms with Gasteiger partial charge in [-0.25, -0.2) is 4.79 Å². The van der Waals surface area contributed by atoms with Crippen molar-refractivity contribution in [3.8, 4) is 0 Å². The van der Waals surface area contributed by atoms with E-state index in [-0.39, 0.29) is 11.8 Å². The van der Waals surface area contributed by atoms with Crippen LogP contribution in [-0.2, 0) is 22.4 Å². The molecule has 1 saturated heterocycles. The third-order valence-corrected chi connectivity index (χ3v) is 4.72. The van der Waals surface area contributed by atoms with Gasteiger partial charge in [0.05, 0.1) is 0 Å². The van der Waals surface area contributed by atoms with E-state index in [1.165, 1.54) is 0 Å². The molecule has 1 fully saturated rings. The zero-order valence-corrected chi connectivity index (χ0v) is 14.6. The van der Waals surface area contributed by atoms with E-state index in [0.29, 0.717) is 25.8 Å². The summed E-state index contributed by atoms with van der Waals surface area (Å²) in [5, 5.41) is 8.92. The lowest BCUT2D eigenvalue weighted by Gasteiger charge is -2.28. The molecule has 0 radical (unpaired) electrons. The summed E-state index contributed by atoms with van der Waals surface area (Å²) in [5.74, 6) is -0.292. The predicted molar refractivity (Wildman–Crippen MR) is 97.6 cm³/mol. The highest BCUT2D eigenvalue weighted by atomic mass is 16.7. The quantitative estimate of drug-likeness (QED) is 0.804. The molecule has 1 heterocycles. The van der Waals surface area contributed by atoms with E-state index in [4.69, 9.17) is 9.84 Å². The van der Waals surface area contributed by atoms with Gasteiger partial charge in [0.25, 0.3) is 0 Å². The number of ether oxygens (including phenoxy) is 1. The molecule has 0 bridgehead atoms. The maximum atomic E-state index is 13.2. The van der Waals surface area contributed by atoms with Gasteiger partial charge in [-0.15, -0.1) is 0 Å². The molecule has 0 saturated carbocycles. The normalized spacial score (nSPS) is 16.7. The fourth-order valence-electron chi connectivity index (χ4n) is 3.51. The van der Waals surface area contributed by atoms with Crippen LogP contribution in [0.4, 0.5) is 4.79 Å². The van der Waals surface area contributed by atoms with Gasteiger partial charge in [0, 0.05) is 18.9 Å². The van der Waals surface area contributed by atoms with Crippen LogP contribution in [0.1, 0.15) is 24.0 Å². The summed E-state index contributed by atoms with van der Waals surface area (Å²) >= 11 is 0. The Labute approximate surface area is 153 Å². The Morgan fingerprint density at radius 2 is 1.54 bits per heavy atom. The molecule has 2 aromatic rings. The van der Waals surface area contributed by atoms with Crippen LogP contribution in [0.25, 0.3) is 0 Å². The monoisotopic (exact) mass is 353 g/mol. The van der Waals surface area contributed by atoms with Crippen LogP contribution in [0.15, 0.2) is 60.7 Å². The van der Waals surface area contributed by atoms with Gasteiger partial charge in [-0.3, -0.25) is 4.79 Å². The van der Waals surface area contributed by atoms with Gasteiger partial charge in [0.2, 0.25) is 5.91 Å². The van der Waals surface area contributed by atoms with Crippen molar-refractivity contribution >= 4 is 12.1 Å². The zero-order valence-electron chi connectivity index (χ0n) is 14.6. The van der Waals surface area contributed by atoms with Crippen molar-refractivity contribution in [2.24, 2.45) is 5.92 Å². The molecule has 3 rings (SSSR count). The standard InChI is InChI=1S/C21H23NO4/c23-20(22-13-7-12-19(22)26-21(24)25)18(14-16-8-3-1-4-9-16)15-17-10-5-2-6-11-17/h1-6,8-11,18-19H,7,12-15H2,(H,24,25)/t19-/m1/s1. The second-order valence-electron chi connectivity index (χ2n) is 6.59. The number of amides is 1. The highest BCUT2D eigenvalue weighted by Crippen LogP contribution is 2.24. The molecule has 5 nitrogen and oxygen atoms in total. The van der Waals surface area contributed by atoms with Crippen molar-refractivity contribution in [3.63, 3.8) is 0 Å². The summed E-state index contributed by atoms with van der Waals surface area (Å²) in [4.78, 5) is 25.7. The van der Waals surface area contributed by atoms with E-state index in [1.807, 2.05) is 60.7 Å². The van der Waals surface area contributed by atoms with Gasteiger partial charge >= 0.3 is 6.16 Å². The molecule has 136 valence electrons. The lowest BCUT2D eigenvalue weighted by molar-refractivity contribution is -0.143. The first-order chi connectivity index (χ1) is 12.6. The molecular weight excluding hydrogens is 330 g/mol. The third-order valence-electron chi connectivity index (χ3n) is 4.72. The van der Waals surface area contributed by atoms with Crippen LogP contribution < -0.4 is 0 Å². The summed E-state index contributed by atoms with van der Waals surface area (Å²) in [6.45, 7) is 0.539. The lowest BCUT2D eigenvalue weighted by atomic mass is 9.91. The summed E-state index contributed by atoms with van der Waals surface area (Å²) < 4.78 is 4.92. The molecule has 0 aromatic heterocycles. The van der Waals surface area contributed by atoms with Gasteiger partial charge < -0.3 is 14.7 Å². The Hall–Kier alpha value is -2.82. The molecule has 5 heteroatoms. The van der Waals surface area contributed by atoms with Gasteiger partial charge in [0.15, 0.2) is 6.23 Å². The molecule has 1 aliphatic heterocycles. The van der Waals surface area contributed by atoms with Crippen LogP contribution in [0, 0.1) is 5.92 Å². The topological polar surface area (TPSA) is 66.8 Å². The van der Waals surface area contributed by atoms with Crippen LogP contribution in [0.3, 0.4) is 0 Å². The van der Waals surface area contributed by atoms with E-state index in [9.17, 15) is 9.59 Å². The number of rotatable bonds is 6. The lowest BCUT2D eigenvalue weighted by Crippen LogP contribution is -2.42. The molecule has 2 aromatic carbocycles. The van der Waals surface area contributed by atoms with Crippen LogP contribution in [-0.4, -0.2) is 34.8 Å². The molecule has 26 heavy (non-hydrogen) atoms. The number of nitrogens with zero attached hydrogens (tertiary/aromatic N) is 1. The molecule has 0 spiro atoms. The molecule has 1 atom stereocenters. The number of carbonyl (C=O) groups is 2. The summed E-state index contributed by atoms with van der Waals surface area (Å²) in [7, 11) is 0. The average molecular weight is 353 g/mol. The Morgan fingerprint density at radius 3 is 2.04 bits per heavy atom. The highest BCUT2D eigenvalue weighted by molar-refractivity contribution is 5.80. The van der Waals surface area contributed by atoms with Crippen molar-refractivity contribution in [1.82, 2.24) is 4.90 Å². The summed E-state index contributed by atoms with van der Waals surface area (Å²) in [5.41, 5.74) is 2.19. The first-order valence-electron chi connectivity index (χ1n) is 8.91. The van der Waals surface area contributed by atoms with E-state index in [2.05, 4.69) is 0 Å². The number of carbonyl (C=O) groups excluding carboxylic acids is 1. The highest BCUT2D eigenvalue weighted by Gasteiger charge is 2.35. The van der Waals surface area contributed by atoms with E-state index in [1.54, 1.807) is 4.90 Å². The SMILES string of the molecule is O=C(O)O[C@@H]1CCCN1C(=O)C(Cc1ccccc1)Cc1ccccc1. The van der Waals surface area contributed by atoms with Crippen molar-refractivity contribution < 1.29 is 19.4 Å². The van der Waals surface area contributed by atoms with E-state index in [0.717, 1.165) is 17.5 Å². The van der Waals surface area contributed by atoms with Crippen molar-refractivity contribution in [1.29, 1.82) is 0 Å². The predicted octanol–water partition coefficient (Wildman–Crippen LogP) is 3.73. The molecule has 0 aliphatic carbocycles. The van der Waals surface area contributed by atoms with E-state index >= 15 is 0 Å². The maximum Gasteiger partial charge on any atom is 0.507 e. The minimum Gasteiger partial charge on any atom is -0.450 e. The van der Waals surface area contributed by atoms with Crippen LogP contribution in [0.5, 0.6) is 0 Å². The van der Waals surface area contributed by atoms with Gasteiger partial charge in [-0.2, -0.15) is 0 Å². The molecule has 1 amide bonds. The fraction of sp³-hybridized carbons (Fsp3) is 0.333. The first-order valence-corrected chi connectivity index (χ1v) is 8.91. The smallest absolute Gasteiger partial charge is 0.450 e. The second-order valence-corrected chi connectivity index (χ2v) is 6.59. The average Bonchev–Trinajstić information content (AvgIpc) is 3.09. The van der Waals surface area contributed by atoms with E-state index < -0.39 is 12.4 Å². The molecule has 1 aliphatic rings. The van der Waals surface area contributed by atoms with Gasteiger partial charge in [-0.05, 0) is 30.4 Å². The first kappa shape index (κ1) is 18.0. The fourth-order valence-corrected chi connectivity index (χ4v) is 3.51. The van der Waals surface area contributed by atoms with Crippen LogP contribution >= 0.6 is 0 Å². The largest absolute Gasteiger partial charge is 0.507 e. The number of hydrogen-bond acceptors (Lipinski definition) is 3. The third kappa shape index (κ3) is 4.63. The number of benzene rings is 2. The Bertz CT molecular complexity index is 691. The maximum absolute atomic E-state index is 13.2. The minimum absolute atomic E-state index is 0.0403. The molecule has 1 N–H and O–H groups in total. The van der Waals surface area contributed by atoms with Gasteiger partial charge in [-0.1, -0.05) is 60.7 Å². The zero-order chi connectivity index (χ0) is 18.4. The summed E-state index contributed by atoms with van der Waals surface area (Å²) in [6.07, 6.45) is 0.538. The van der Waals surface area contributed by atoms with Crippen LogP contribution in [0.2, 0.25) is 0 Å². The number of carboxylic acid groups (broad SMARTS) is 1. The van der Waals surface area contributed by atoms with Gasteiger partial charge in [0.1, 0.15) is 0 Å². The van der Waals surface area contributed by atoms with Crippen molar-refractivity contribution in [2.45, 2.75) is 31.9 Å². The number of likely N-dealkylation sites (tertiary alicyclic amines) is 1. The van der Waals surface area contributed by atoms with Crippen molar-refractivity contribution in [2.75, 3.05) is 6.54 Å². The minimum atomic E-state index is -1.34. The molecule has 0 unspecified atom stereocenters. The Morgan fingerprint density at radius 1 is 1.00 bits per heavy atom. The number of hydrogen-bond donors (Lipinski definition) is 1.